The Morgan fingerprint density at radius 1 is 0.778 bits per heavy atom. The van der Waals surface area contributed by atoms with E-state index < -0.39 is 5.97 Å². The monoisotopic (exact) mass is 359 g/mol. The van der Waals surface area contributed by atoms with E-state index >= 15 is 0 Å². The Morgan fingerprint density at radius 3 is 2.07 bits per heavy atom. The van der Waals surface area contributed by atoms with Crippen LogP contribution in [0.2, 0.25) is 0 Å². The molecule has 0 atom stereocenters. The minimum Gasteiger partial charge on any atom is -0.480 e. The average molecular weight is 359 g/mol. The number of nitrogens with zero attached hydrogens (tertiary/aromatic N) is 1. The van der Waals surface area contributed by atoms with Gasteiger partial charge in [0.1, 0.15) is 6.54 Å². The van der Waals surface area contributed by atoms with E-state index in [1.54, 1.807) is 12.1 Å². The highest BCUT2D eigenvalue weighted by Crippen LogP contribution is 2.16. The molecule has 0 aromatic heterocycles. The molecule has 0 saturated heterocycles. The zero-order chi connectivity index (χ0) is 19.1. The van der Waals surface area contributed by atoms with Gasteiger partial charge in [-0.3, -0.25) is 9.59 Å². The van der Waals surface area contributed by atoms with Gasteiger partial charge in [-0.1, -0.05) is 66.7 Å². The zero-order valence-corrected chi connectivity index (χ0v) is 14.9. The van der Waals surface area contributed by atoms with Gasteiger partial charge in [-0.25, -0.2) is 0 Å². The summed E-state index contributed by atoms with van der Waals surface area (Å²) in [6.07, 6.45) is 0.651. The van der Waals surface area contributed by atoms with Gasteiger partial charge >= 0.3 is 5.97 Å². The van der Waals surface area contributed by atoms with E-state index in [2.05, 4.69) is 0 Å². The second-order valence-electron chi connectivity index (χ2n) is 6.30. The summed E-state index contributed by atoms with van der Waals surface area (Å²) in [6, 6.07) is 26.2. The van der Waals surface area contributed by atoms with Crippen LogP contribution in [0, 0.1) is 0 Å². The van der Waals surface area contributed by atoms with Crippen LogP contribution < -0.4 is 4.90 Å². The highest BCUT2D eigenvalue weighted by Gasteiger charge is 2.12. The van der Waals surface area contributed by atoms with Crippen molar-refractivity contribution in [2.45, 2.75) is 6.42 Å². The van der Waals surface area contributed by atoms with E-state index in [0.29, 0.717) is 24.1 Å². The predicted octanol–water partition coefficient (Wildman–Crippen LogP) is 4.05. The smallest absolute Gasteiger partial charge is 0.323 e. The Labute approximate surface area is 158 Å². The number of para-hydroxylation sites is 1. The van der Waals surface area contributed by atoms with Crippen LogP contribution in [-0.4, -0.2) is 29.9 Å². The summed E-state index contributed by atoms with van der Waals surface area (Å²) in [7, 11) is 0. The average Bonchev–Trinajstić information content (AvgIpc) is 2.72. The summed E-state index contributed by atoms with van der Waals surface area (Å²) in [5, 5.41) is 9.20. The van der Waals surface area contributed by atoms with E-state index in [1.807, 2.05) is 77.7 Å². The lowest BCUT2D eigenvalue weighted by molar-refractivity contribution is -0.135. The van der Waals surface area contributed by atoms with Gasteiger partial charge in [0.15, 0.2) is 5.78 Å². The van der Waals surface area contributed by atoms with E-state index in [4.69, 9.17) is 0 Å². The number of aliphatic carboxylic acids is 1. The molecular formula is C23H21NO3. The van der Waals surface area contributed by atoms with Crippen molar-refractivity contribution < 1.29 is 14.7 Å². The first-order valence-corrected chi connectivity index (χ1v) is 8.84. The third-order valence-electron chi connectivity index (χ3n) is 4.34. The quantitative estimate of drug-likeness (QED) is 0.617. The zero-order valence-electron chi connectivity index (χ0n) is 14.9. The second-order valence-corrected chi connectivity index (χ2v) is 6.30. The number of rotatable bonds is 8. The second kappa shape index (κ2) is 8.81. The molecule has 0 fully saturated rings. The number of carboxylic acid groups (broad SMARTS) is 1. The van der Waals surface area contributed by atoms with Crippen LogP contribution >= 0.6 is 0 Å². The van der Waals surface area contributed by atoms with Gasteiger partial charge < -0.3 is 10.0 Å². The lowest BCUT2D eigenvalue weighted by Crippen LogP contribution is -2.31. The lowest BCUT2D eigenvalue weighted by Gasteiger charge is -2.23. The Hall–Kier alpha value is -3.40. The molecule has 0 bridgehead atoms. The number of carbonyl (C=O) groups is 2. The summed E-state index contributed by atoms with van der Waals surface area (Å²) in [5.74, 6) is -0.880. The molecule has 0 heterocycles. The number of benzene rings is 3. The van der Waals surface area contributed by atoms with E-state index in [1.165, 1.54) is 0 Å². The van der Waals surface area contributed by atoms with Crippen LogP contribution in [0.4, 0.5) is 5.69 Å². The minimum absolute atomic E-state index is 0.0112. The highest BCUT2D eigenvalue weighted by molar-refractivity contribution is 6.09. The number of carbonyl (C=O) groups excluding carboxylic acids is 1. The summed E-state index contributed by atoms with van der Waals surface area (Å²) >= 11 is 0. The molecule has 0 radical (unpaired) electrons. The third kappa shape index (κ3) is 5.05. The van der Waals surface area contributed by atoms with Gasteiger partial charge in [0.2, 0.25) is 0 Å². The Bertz CT molecular complexity index is 907. The first kappa shape index (κ1) is 18.4. The molecule has 0 aliphatic rings. The van der Waals surface area contributed by atoms with Gasteiger partial charge in [0.05, 0.1) is 0 Å². The molecule has 0 aliphatic heterocycles. The fourth-order valence-electron chi connectivity index (χ4n) is 2.99. The van der Waals surface area contributed by atoms with Crippen LogP contribution in [0.25, 0.3) is 0 Å². The first-order valence-electron chi connectivity index (χ1n) is 8.84. The van der Waals surface area contributed by atoms with Crippen molar-refractivity contribution >= 4 is 17.4 Å². The van der Waals surface area contributed by atoms with Crippen molar-refractivity contribution in [1.82, 2.24) is 0 Å². The molecule has 0 spiro atoms. The van der Waals surface area contributed by atoms with Crippen molar-refractivity contribution in [3.63, 3.8) is 0 Å². The van der Waals surface area contributed by atoms with Gasteiger partial charge in [0, 0.05) is 23.4 Å². The Balaban J connectivity index is 1.73. The summed E-state index contributed by atoms with van der Waals surface area (Å²) < 4.78 is 0. The predicted molar refractivity (Wildman–Crippen MR) is 106 cm³/mol. The van der Waals surface area contributed by atoms with Crippen LogP contribution in [0.1, 0.15) is 21.5 Å². The summed E-state index contributed by atoms with van der Waals surface area (Å²) in [6.45, 7) is 0.492. The molecule has 0 unspecified atom stereocenters. The van der Waals surface area contributed by atoms with Crippen molar-refractivity contribution in [2.24, 2.45) is 0 Å². The van der Waals surface area contributed by atoms with Crippen molar-refractivity contribution in [3.8, 4) is 0 Å². The minimum atomic E-state index is -0.869. The molecule has 0 saturated carbocycles. The number of hydrogen-bond donors (Lipinski definition) is 1. The molecule has 4 nitrogen and oxygen atoms in total. The summed E-state index contributed by atoms with van der Waals surface area (Å²) in [5.41, 5.74) is 3.18. The van der Waals surface area contributed by atoms with Gasteiger partial charge in [-0.2, -0.15) is 0 Å². The largest absolute Gasteiger partial charge is 0.480 e. The third-order valence-corrected chi connectivity index (χ3v) is 4.34. The van der Waals surface area contributed by atoms with Gasteiger partial charge in [-0.05, 0) is 30.2 Å². The SMILES string of the molecule is O=C(O)CN(CCc1cccc(C(=O)c2ccccc2)c1)c1ccccc1. The van der Waals surface area contributed by atoms with E-state index in [-0.39, 0.29) is 12.3 Å². The maximum atomic E-state index is 12.6. The van der Waals surface area contributed by atoms with Crippen LogP contribution in [0.3, 0.4) is 0 Å². The first-order chi connectivity index (χ1) is 13.1. The number of anilines is 1. The molecule has 0 aliphatic carbocycles. The van der Waals surface area contributed by atoms with Crippen LogP contribution in [0.15, 0.2) is 84.9 Å². The van der Waals surface area contributed by atoms with Gasteiger partial charge in [-0.15, -0.1) is 0 Å². The maximum absolute atomic E-state index is 12.6. The highest BCUT2D eigenvalue weighted by atomic mass is 16.4. The molecule has 3 aromatic rings. The topological polar surface area (TPSA) is 57.6 Å². The normalized spacial score (nSPS) is 10.4. The van der Waals surface area contributed by atoms with Crippen molar-refractivity contribution in [2.75, 3.05) is 18.0 Å². The molecule has 0 amide bonds. The van der Waals surface area contributed by atoms with Gasteiger partial charge in [0.25, 0.3) is 0 Å². The van der Waals surface area contributed by atoms with Crippen molar-refractivity contribution in [1.29, 1.82) is 0 Å². The molecule has 4 heteroatoms. The molecule has 27 heavy (non-hydrogen) atoms. The fraction of sp³-hybridized carbons (Fsp3) is 0.130. The standard InChI is InChI=1S/C23H21NO3/c25-22(26)17-24(21-12-5-2-6-13-21)15-14-18-8-7-11-20(16-18)23(27)19-9-3-1-4-10-19/h1-13,16H,14-15,17H2,(H,25,26). The van der Waals surface area contributed by atoms with E-state index in [0.717, 1.165) is 11.3 Å². The molecule has 3 rings (SSSR count). The molecule has 136 valence electrons. The maximum Gasteiger partial charge on any atom is 0.323 e. The van der Waals surface area contributed by atoms with E-state index in [9.17, 15) is 14.7 Å². The molecule has 1 N–H and O–H groups in total. The van der Waals surface area contributed by atoms with Crippen LogP contribution in [-0.2, 0) is 11.2 Å². The number of ketones is 1. The Kier molecular flexibility index (Phi) is 6.00. The summed E-state index contributed by atoms with van der Waals surface area (Å²) in [4.78, 5) is 25.7. The number of carboxylic acids is 1. The lowest BCUT2D eigenvalue weighted by atomic mass is 10.0. The molecular weight excluding hydrogens is 338 g/mol. The van der Waals surface area contributed by atoms with Crippen molar-refractivity contribution in [3.05, 3.63) is 102 Å². The Morgan fingerprint density at radius 2 is 1.41 bits per heavy atom. The number of hydrogen-bond acceptors (Lipinski definition) is 3. The van der Waals surface area contributed by atoms with Crippen LogP contribution in [0.5, 0.6) is 0 Å². The molecule has 3 aromatic carbocycles. The fourth-order valence-corrected chi connectivity index (χ4v) is 2.99.